The van der Waals surface area contributed by atoms with Crippen LogP contribution in [-0.4, -0.2) is 179 Å². The summed E-state index contributed by atoms with van der Waals surface area (Å²) in [7, 11) is -19.6. The first kappa shape index (κ1) is 59.0. The van der Waals surface area contributed by atoms with Crippen LogP contribution < -0.4 is 32.8 Å². The van der Waals surface area contributed by atoms with Crippen LogP contribution in [0.4, 0.5) is 11.8 Å². The molecule has 8 heterocycles. The number of rotatable bonds is 22. The fourth-order valence-corrected chi connectivity index (χ4v) is 13.1. The SMILES string of the molecule is CCN(C)C(=O)C[C@@H]1[C@@H](COP(=O)(O)OP(=O)(O)OP(=O)(O)OCC2O[C@@H](n3cnc4c(N)ncnc43)[C@H](OC)[C@@H]2OP(=O)(O)OC[C@H]2O[C@@H](n3ccc(=O)[nH]c3=O)[C@H](O)[C@@H]2O)OC([n+]2cn(C)c3c(=O)[nH]c(N)nc32)[C@@H]1O. The molecule has 78 heavy (non-hydrogen) atoms. The molecule has 16 atom stereocenters. The van der Waals surface area contributed by atoms with E-state index in [-0.39, 0.29) is 40.6 Å². The molecule has 13 N–H and O–H groups in total. The van der Waals surface area contributed by atoms with Crippen molar-refractivity contribution in [1.82, 2.24) is 48.5 Å². The summed E-state index contributed by atoms with van der Waals surface area (Å²) in [6, 6.07) is 0.921. The summed E-state index contributed by atoms with van der Waals surface area (Å²) in [5, 5.41) is 32.8. The van der Waals surface area contributed by atoms with Gasteiger partial charge in [-0.15, -0.1) is 0 Å². The zero-order valence-electron chi connectivity index (χ0n) is 40.8. The number of hydrogen-bond acceptors (Lipinski definition) is 27. The van der Waals surface area contributed by atoms with Gasteiger partial charge < -0.3 is 70.2 Å². The molecule has 0 bridgehead atoms. The Hall–Kier alpha value is -5.11. The number of phosphoric ester groups is 3. The van der Waals surface area contributed by atoms with Crippen LogP contribution in [-0.2, 0) is 75.8 Å². The molecule has 3 aliphatic rings. The summed E-state index contributed by atoms with van der Waals surface area (Å²) in [4.78, 5) is 114. The fourth-order valence-electron chi connectivity index (χ4n) is 8.66. The van der Waals surface area contributed by atoms with Gasteiger partial charge in [0.2, 0.25) is 17.7 Å². The van der Waals surface area contributed by atoms with Crippen LogP contribution >= 0.6 is 31.3 Å². The summed E-state index contributed by atoms with van der Waals surface area (Å²) in [5.41, 5.74) is 9.17. The van der Waals surface area contributed by atoms with Crippen molar-refractivity contribution in [3.63, 3.8) is 0 Å². The van der Waals surface area contributed by atoms with E-state index in [0.29, 0.717) is 0 Å². The van der Waals surface area contributed by atoms with Gasteiger partial charge in [-0.3, -0.25) is 56.1 Å². The van der Waals surface area contributed by atoms with E-state index < -0.39 is 154 Å². The number of aromatic nitrogens is 10. The number of aliphatic hydroxyl groups is 3. The van der Waals surface area contributed by atoms with Gasteiger partial charge in [-0.25, -0.2) is 42.6 Å². The molecule has 0 spiro atoms. The Morgan fingerprint density at radius 2 is 1.46 bits per heavy atom. The number of aromatic amines is 2. The van der Waals surface area contributed by atoms with E-state index in [1.807, 2.05) is 4.98 Å². The highest BCUT2D eigenvalue weighted by atomic mass is 31.3. The maximum absolute atomic E-state index is 13.6. The average molecular weight is 1190 g/mol. The molecule has 430 valence electrons. The third-order valence-electron chi connectivity index (χ3n) is 12.5. The largest absolute Gasteiger partial charge is 0.490 e. The summed E-state index contributed by atoms with van der Waals surface area (Å²) < 4.78 is 110. The van der Waals surface area contributed by atoms with Crippen molar-refractivity contribution in [3.8, 4) is 0 Å². The van der Waals surface area contributed by atoms with Crippen LogP contribution in [0.15, 0.2) is 45.6 Å². The van der Waals surface area contributed by atoms with E-state index in [1.165, 1.54) is 39.0 Å². The van der Waals surface area contributed by atoms with Crippen molar-refractivity contribution in [2.24, 2.45) is 13.0 Å². The fraction of sp³-hybridized carbons (Fsp3) is 0.583. The number of anilines is 2. The second kappa shape index (κ2) is 22.8. The van der Waals surface area contributed by atoms with Crippen molar-refractivity contribution in [2.45, 2.75) is 80.9 Å². The second-order valence-corrected chi connectivity index (χ2v) is 23.5. The Labute approximate surface area is 435 Å². The molecule has 5 aromatic rings. The maximum atomic E-state index is 13.6. The number of methoxy groups -OCH3 is 1. The zero-order valence-corrected chi connectivity index (χ0v) is 44.4. The standard InChI is InChI=1S/C36H51N13O25P4/c1-5-45(2)20(51)8-15-16(69-32(23(15)52)49-14-46(3)22-30(49)43-35(38)44-31(22)55)9-67-76(59,60)73-78(63,64)74-77(61,62)68-11-18-26(27(65-4)34(71-18)48-13-41-21-28(37)39-12-40-29(21)48)72-75(57,58)66-10-17-24(53)25(54)33(70-17)47-7-6-19(50)42-36(47)56/h6-7,12-18,23-27,32-34,52-54H,5,8-11H2,1-4H3,(H9-,37,38,39,40,42,43,44,50,55,56,57,58,59,60,61,62,63,64)/p+1/t15-,16-,17-,18?,23-,24-,25-,26-,27-,32?,33-,34-/m1/s1. The number of imidazole rings is 2. The monoisotopic (exact) mass is 1190 g/mol. The third-order valence-corrected chi connectivity index (χ3v) is 17.7. The Balaban J connectivity index is 0.953. The van der Waals surface area contributed by atoms with E-state index in [2.05, 4.69) is 33.5 Å². The highest BCUT2D eigenvalue weighted by Gasteiger charge is 2.54. The van der Waals surface area contributed by atoms with Crippen LogP contribution in [0.2, 0.25) is 0 Å². The van der Waals surface area contributed by atoms with E-state index in [9.17, 15) is 72.3 Å². The van der Waals surface area contributed by atoms with Crippen LogP contribution in [0.3, 0.4) is 0 Å². The van der Waals surface area contributed by atoms with E-state index in [4.69, 9.17) is 48.5 Å². The van der Waals surface area contributed by atoms with Gasteiger partial charge in [0, 0.05) is 45.3 Å². The Morgan fingerprint density at radius 3 is 2.12 bits per heavy atom. The molecule has 0 aromatic carbocycles. The second-order valence-electron chi connectivity index (χ2n) is 17.5. The van der Waals surface area contributed by atoms with Crippen molar-refractivity contribution >= 4 is 71.3 Å². The first-order chi connectivity index (χ1) is 36.5. The Kier molecular flexibility index (Phi) is 17.2. The number of amides is 1. The van der Waals surface area contributed by atoms with Gasteiger partial charge in [-0.1, -0.05) is 4.98 Å². The number of carbonyl (C=O) groups excluding carboxylic acids is 1. The smallest absolute Gasteiger partial charge is 0.387 e. The van der Waals surface area contributed by atoms with E-state index >= 15 is 0 Å². The first-order valence-corrected chi connectivity index (χ1v) is 28.6. The van der Waals surface area contributed by atoms with Gasteiger partial charge in [0.25, 0.3) is 17.1 Å². The summed E-state index contributed by atoms with van der Waals surface area (Å²) in [6.07, 6.45) is -14.3. The molecule has 3 aliphatic heterocycles. The van der Waals surface area contributed by atoms with Crippen molar-refractivity contribution in [2.75, 3.05) is 52.0 Å². The van der Waals surface area contributed by atoms with Crippen molar-refractivity contribution in [3.05, 3.63) is 62.4 Å². The molecule has 8 rings (SSSR count). The number of carbonyl (C=O) groups is 1. The van der Waals surface area contributed by atoms with Crippen LogP contribution in [0, 0.1) is 5.92 Å². The number of nitrogen functional groups attached to an aromatic ring is 2. The number of ether oxygens (including phenoxy) is 4. The van der Waals surface area contributed by atoms with Gasteiger partial charge in [-0.2, -0.15) is 8.62 Å². The van der Waals surface area contributed by atoms with Crippen molar-refractivity contribution in [1.29, 1.82) is 0 Å². The van der Waals surface area contributed by atoms with Gasteiger partial charge in [0.1, 0.15) is 54.6 Å². The predicted molar refractivity (Wildman–Crippen MR) is 253 cm³/mol. The molecule has 6 unspecified atom stereocenters. The van der Waals surface area contributed by atoms with E-state index in [0.717, 1.165) is 36.6 Å². The minimum absolute atomic E-state index is 0.00132. The van der Waals surface area contributed by atoms with Gasteiger partial charge in [-0.05, 0) is 6.92 Å². The number of phosphoric acid groups is 4. The lowest BCUT2D eigenvalue weighted by Crippen LogP contribution is -2.45. The predicted octanol–water partition coefficient (Wildman–Crippen LogP) is -3.75. The highest BCUT2D eigenvalue weighted by Crippen LogP contribution is 2.68. The molecule has 5 aromatic heterocycles. The minimum Gasteiger partial charge on any atom is -0.387 e. The summed E-state index contributed by atoms with van der Waals surface area (Å²) in [5.74, 6) is -2.16. The normalized spacial score (nSPS) is 29.6. The van der Waals surface area contributed by atoms with Crippen molar-refractivity contribution < 1.29 is 108 Å². The molecule has 42 heteroatoms. The first-order valence-electron chi connectivity index (χ1n) is 22.7. The quantitative estimate of drug-likeness (QED) is 0.0234. The maximum Gasteiger partial charge on any atom is 0.490 e. The molecule has 3 saturated heterocycles. The number of H-pyrrole nitrogens is 2. The van der Waals surface area contributed by atoms with Gasteiger partial charge in [0.05, 0.1) is 39.3 Å². The molecule has 1 amide bonds. The molecule has 0 aliphatic carbocycles. The summed E-state index contributed by atoms with van der Waals surface area (Å²) >= 11 is 0. The number of nitrogens with two attached hydrogens (primary N) is 2. The molecular formula is C36H52N13O25P4+. The number of hydrogen-bond donors (Lipinski definition) is 11. The number of nitrogens with zero attached hydrogens (tertiary/aromatic N) is 9. The van der Waals surface area contributed by atoms with E-state index in [1.54, 1.807) is 6.92 Å². The number of nitrogens with one attached hydrogen (secondary N) is 2. The Bertz CT molecular complexity index is 3430. The lowest BCUT2D eigenvalue weighted by Gasteiger charge is -2.26. The zero-order chi connectivity index (χ0) is 57.0. The van der Waals surface area contributed by atoms with Crippen LogP contribution in [0.5, 0.6) is 0 Å². The minimum atomic E-state index is -6.24. The molecule has 3 fully saturated rings. The average Bonchev–Trinajstić information content (AvgIpc) is 4.32. The molecule has 38 nitrogen and oxygen atoms in total. The molecular weight excluding hydrogens is 1140 g/mol. The van der Waals surface area contributed by atoms with Crippen LogP contribution in [0.25, 0.3) is 22.3 Å². The lowest BCUT2D eigenvalue weighted by atomic mass is 9.94. The lowest BCUT2D eigenvalue weighted by molar-refractivity contribution is -0.745. The van der Waals surface area contributed by atoms with Crippen LogP contribution in [0.1, 0.15) is 32.0 Å². The summed E-state index contributed by atoms with van der Waals surface area (Å²) in [6.45, 7) is -1.46. The number of aryl methyl sites for hydroxylation is 1. The van der Waals surface area contributed by atoms with Gasteiger partial charge >= 0.3 is 42.6 Å². The topological polar surface area (TPSA) is 528 Å². The molecule has 0 radical (unpaired) electrons. The third kappa shape index (κ3) is 12.6. The number of fused-ring (bicyclic) bond motifs is 2. The Morgan fingerprint density at radius 1 is 0.821 bits per heavy atom. The molecule has 0 saturated carbocycles. The number of aliphatic hydroxyl groups excluding tert-OH is 3. The highest BCUT2D eigenvalue weighted by molar-refractivity contribution is 7.66. The van der Waals surface area contributed by atoms with Gasteiger partial charge in [0.15, 0.2) is 30.2 Å².